The van der Waals surface area contributed by atoms with Crippen LogP contribution in [-0.4, -0.2) is 22.1 Å². The molecule has 0 unspecified atom stereocenters. The van der Waals surface area contributed by atoms with E-state index in [9.17, 15) is 5.26 Å². The first kappa shape index (κ1) is 12.8. The Morgan fingerprint density at radius 1 is 1.39 bits per heavy atom. The monoisotopic (exact) mass is 305 g/mol. The maximum Gasteiger partial charge on any atom is 0.0998 e. The van der Waals surface area contributed by atoms with Crippen molar-refractivity contribution in [3.8, 4) is 17.3 Å². The summed E-state index contributed by atoms with van der Waals surface area (Å²) in [5.41, 5.74) is 3.31. The molecule has 0 fully saturated rings. The molecule has 5 heteroatoms. The van der Waals surface area contributed by atoms with Crippen molar-refractivity contribution in [2.24, 2.45) is 0 Å². The van der Waals surface area contributed by atoms with Crippen LogP contribution in [0.3, 0.4) is 0 Å². The predicted molar refractivity (Wildman–Crippen MR) is 72.2 cm³/mol. The van der Waals surface area contributed by atoms with Crippen molar-refractivity contribution < 1.29 is 4.74 Å². The number of H-pyrrole nitrogens is 1. The van der Waals surface area contributed by atoms with Crippen molar-refractivity contribution in [1.82, 2.24) is 10.2 Å². The highest BCUT2D eigenvalue weighted by atomic mass is 79.9. The van der Waals surface area contributed by atoms with Gasteiger partial charge in [0.05, 0.1) is 30.5 Å². The van der Waals surface area contributed by atoms with Gasteiger partial charge >= 0.3 is 0 Å². The van der Waals surface area contributed by atoms with E-state index < -0.39 is 0 Å². The minimum atomic E-state index is 0.482. The molecule has 1 N–H and O–H groups in total. The van der Waals surface area contributed by atoms with Crippen LogP contribution in [0.5, 0.6) is 0 Å². The van der Waals surface area contributed by atoms with Gasteiger partial charge in [0.25, 0.3) is 0 Å². The van der Waals surface area contributed by atoms with Crippen LogP contribution >= 0.6 is 15.9 Å². The third-order valence-corrected chi connectivity index (χ3v) is 2.84. The fourth-order valence-electron chi connectivity index (χ4n) is 1.76. The molecule has 0 aliphatic heterocycles. The molecule has 1 aromatic heterocycles. The van der Waals surface area contributed by atoms with Gasteiger partial charge < -0.3 is 4.74 Å². The number of benzene rings is 1. The Labute approximate surface area is 114 Å². The maximum absolute atomic E-state index is 9.18. The lowest BCUT2D eigenvalue weighted by Gasteiger charge is -2.10. The molecule has 0 spiro atoms. The maximum atomic E-state index is 9.18. The molecule has 0 aliphatic rings. The quantitative estimate of drug-likeness (QED) is 0.682. The molecule has 4 nitrogen and oxygen atoms in total. The summed E-state index contributed by atoms with van der Waals surface area (Å²) in [7, 11) is 0. The van der Waals surface area contributed by atoms with Crippen LogP contribution in [0.1, 0.15) is 11.1 Å². The molecular weight excluding hydrogens is 294 g/mol. The molecule has 92 valence electrons. The summed E-state index contributed by atoms with van der Waals surface area (Å²) in [4.78, 5) is 0. The van der Waals surface area contributed by atoms with Gasteiger partial charge in [0.1, 0.15) is 0 Å². The van der Waals surface area contributed by atoms with Gasteiger partial charge in [0.15, 0.2) is 0 Å². The molecule has 0 radical (unpaired) electrons. The first-order valence-corrected chi connectivity index (χ1v) is 6.64. The second-order valence-corrected chi connectivity index (χ2v) is 4.46. The number of halogens is 1. The van der Waals surface area contributed by atoms with Gasteiger partial charge in [-0.15, -0.1) is 0 Å². The number of nitrogens with zero attached hydrogens (tertiary/aromatic N) is 2. The van der Waals surface area contributed by atoms with Gasteiger partial charge in [-0.1, -0.05) is 28.1 Å². The minimum Gasteiger partial charge on any atom is -0.376 e. The highest BCUT2D eigenvalue weighted by Crippen LogP contribution is 2.26. The molecule has 0 atom stereocenters. The first-order chi connectivity index (χ1) is 8.86. The third kappa shape index (κ3) is 2.78. The summed E-state index contributed by atoms with van der Waals surface area (Å²) in [6.45, 7) is 1.12. The zero-order chi connectivity index (χ0) is 12.8. The van der Waals surface area contributed by atoms with Gasteiger partial charge in [-0.3, -0.25) is 5.10 Å². The SMILES string of the molecule is N#Cc1cccc(COCCBr)c1-c1ccn[nH]1. The van der Waals surface area contributed by atoms with Crippen molar-refractivity contribution in [2.75, 3.05) is 11.9 Å². The van der Waals surface area contributed by atoms with Crippen LogP contribution < -0.4 is 0 Å². The Morgan fingerprint density at radius 2 is 2.28 bits per heavy atom. The van der Waals surface area contributed by atoms with E-state index in [0.717, 1.165) is 22.2 Å². The lowest BCUT2D eigenvalue weighted by molar-refractivity contribution is 0.137. The molecule has 0 bridgehead atoms. The highest BCUT2D eigenvalue weighted by molar-refractivity contribution is 9.09. The van der Waals surface area contributed by atoms with Gasteiger partial charge in [0, 0.05) is 17.1 Å². The third-order valence-electron chi connectivity index (χ3n) is 2.52. The van der Waals surface area contributed by atoms with E-state index in [0.29, 0.717) is 18.8 Å². The first-order valence-electron chi connectivity index (χ1n) is 5.52. The van der Waals surface area contributed by atoms with E-state index in [1.54, 1.807) is 12.3 Å². The highest BCUT2D eigenvalue weighted by Gasteiger charge is 2.11. The smallest absolute Gasteiger partial charge is 0.0998 e. The van der Waals surface area contributed by atoms with E-state index in [2.05, 4.69) is 32.2 Å². The molecule has 0 saturated heterocycles. The van der Waals surface area contributed by atoms with E-state index in [4.69, 9.17) is 4.74 Å². The zero-order valence-corrected chi connectivity index (χ0v) is 11.3. The number of aromatic amines is 1. The van der Waals surface area contributed by atoms with Crippen LogP contribution in [0, 0.1) is 11.3 Å². The van der Waals surface area contributed by atoms with Crippen molar-refractivity contribution in [3.63, 3.8) is 0 Å². The van der Waals surface area contributed by atoms with E-state index in [1.165, 1.54) is 0 Å². The summed E-state index contributed by atoms with van der Waals surface area (Å²) < 4.78 is 5.52. The number of hydrogen-bond acceptors (Lipinski definition) is 3. The summed E-state index contributed by atoms with van der Waals surface area (Å²) in [5, 5.41) is 16.8. The van der Waals surface area contributed by atoms with Crippen LogP contribution in [0.25, 0.3) is 11.3 Å². The number of ether oxygens (including phenoxy) is 1. The number of nitriles is 1. The normalized spacial score (nSPS) is 10.2. The number of nitrogens with one attached hydrogen (secondary N) is 1. The average molecular weight is 306 g/mol. The van der Waals surface area contributed by atoms with Crippen molar-refractivity contribution in [1.29, 1.82) is 5.26 Å². The number of rotatable bonds is 5. The molecule has 0 amide bonds. The Bertz CT molecular complexity index is 546. The standard InChI is InChI=1S/C13H12BrN3O/c14-5-7-18-9-11-3-1-2-10(8-15)13(11)12-4-6-16-17-12/h1-4,6H,5,7,9H2,(H,16,17). The van der Waals surface area contributed by atoms with Crippen LogP contribution in [0.4, 0.5) is 0 Å². The topological polar surface area (TPSA) is 61.7 Å². The van der Waals surface area contributed by atoms with Gasteiger partial charge in [-0.25, -0.2) is 0 Å². The second kappa shape index (κ2) is 6.34. The van der Waals surface area contributed by atoms with Gasteiger partial charge in [-0.2, -0.15) is 10.4 Å². The van der Waals surface area contributed by atoms with E-state index in [1.807, 2.05) is 18.2 Å². The second-order valence-electron chi connectivity index (χ2n) is 3.66. The van der Waals surface area contributed by atoms with Crippen LogP contribution in [0.15, 0.2) is 30.5 Å². The molecule has 1 aromatic carbocycles. The molecule has 1 heterocycles. The van der Waals surface area contributed by atoms with Crippen LogP contribution in [0.2, 0.25) is 0 Å². The molecular formula is C13H12BrN3O. The van der Waals surface area contributed by atoms with Gasteiger partial charge in [0.2, 0.25) is 0 Å². The lowest BCUT2D eigenvalue weighted by Crippen LogP contribution is -2.00. The lowest BCUT2D eigenvalue weighted by atomic mass is 9.99. The minimum absolute atomic E-state index is 0.482. The molecule has 0 aliphatic carbocycles. The fourth-order valence-corrected chi connectivity index (χ4v) is 1.99. The Hall–Kier alpha value is -1.64. The molecule has 0 saturated carbocycles. The summed E-state index contributed by atoms with van der Waals surface area (Å²) in [6, 6.07) is 9.68. The molecule has 2 aromatic rings. The van der Waals surface area contributed by atoms with Crippen LogP contribution in [-0.2, 0) is 11.3 Å². The van der Waals surface area contributed by atoms with E-state index >= 15 is 0 Å². The summed E-state index contributed by atoms with van der Waals surface area (Å²) in [6.07, 6.45) is 1.67. The number of aromatic nitrogens is 2. The van der Waals surface area contributed by atoms with Crippen molar-refractivity contribution >= 4 is 15.9 Å². The fraction of sp³-hybridized carbons (Fsp3) is 0.231. The van der Waals surface area contributed by atoms with E-state index in [-0.39, 0.29) is 0 Å². The zero-order valence-electron chi connectivity index (χ0n) is 9.69. The van der Waals surface area contributed by atoms with Gasteiger partial charge in [-0.05, 0) is 17.7 Å². The Kier molecular flexibility index (Phi) is 4.51. The molecule has 2 rings (SSSR count). The van der Waals surface area contributed by atoms with Crippen molar-refractivity contribution in [3.05, 3.63) is 41.6 Å². The Morgan fingerprint density at radius 3 is 2.94 bits per heavy atom. The summed E-state index contributed by atoms with van der Waals surface area (Å²) >= 11 is 3.31. The molecule has 18 heavy (non-hydrogen) atoms. The summed E-state index contributed by atoms with van der Waals surface area (Å²) in [5.74, 6) is 0. The largest absolute Gasteiger partial charge is 0.376 e. The van der Waals surface area contributed by atoms with Crippen molar-refractivity contribution in [2.45, 2.75) is 6.61 Å². The number of alkyl halides is 1. The average Bonchev–Trinajstić information content (AvgIpc) is 2.92. The predicted octanol–water partition coefficient (Wildman–Crippen LogP) is 2.86. The Balaban J connectivity index is 2.37. The number of hydrogen-bond donors (Lipinski definition) is 1.